The van der Waals surface area contributed by atoms with Crippen molar-refractivity contribution in [3.05, 3.63) is 224 Å². The number of aromatic hydroxyl groups is 1. The fourth-order valence-corrected chi connectivity index (χ4v) is 9.07. The maximum atomic E-state index is 12.6. The van der Waals surface area contributed by atoms with E-state index in [-0.39, 0.29) is 16.6 Å². The summed E-state index contributed by atoms with van der Waals surface area (Å²) in [7, 11) is 0. The lowest BCUT2D eigenvalue weighted by Crippen LogP contribution is -2.17. The molecular formula is C62H54N4O. The zero-order chi connectivity index (χ0) is 46.3. The molecule has 2 heterocycles. The number of benzene rings is 8. The number of pyridine rings is 1. The van der Waals surface area contributed by atoms with Gasteiger partial charge in [0.25, 0.3) is 0 Å². The Morgan fingerprint density at radius 2 is 0.985 bits per heavy atom. The number of aromatic nitrogens is 3. The Balaban J connectivity index is 1.34. The third kappa shape index (κ3) is 8.53. The molecule has 10 rings (SSSR count). The number of imidazole rings is 1. The number of phenolic OH excluding ortho intramolecular Hbond substituents is 1. The second kappa shape index (κ2) is 17.4. The lowest BCUT2D eigenvalue weighted by Gasteiger charge is -2.27. The van der Waals surface area contributed by atoms with Crippen molar-refractivity contribution < 1.29 is 5.11 Å². The van der Waals surface area contributed by atoms with Crippen LogP contribution in [0.4, 0.5) is 17.1 Å². The van der Waals surface area contributed by atoms with Crippen molar-refractivity contribution in [1.82, 2.24) is 14.5 Å². The fourth-order valence-electron chi connectivity index (χ4n) is 9.07. The van der Waals surface area contributed by atoms with Gasteiger partial charge in [-0.15, -0.1) is 0 Å². The first-order valence-electron chi connectivity index (χ1n) is 23.0. The second-order valence-electron chi connectivity index (χ2n) is 19.4. The first-order chi connectivity index (χ1) is 32.4. The lowest BCUT2D eigenvalue weighted by molar-refractivity contribution is 0.446. The minimum absolute atomic E-state index is 0.198. The first kappa shape index (κ1) is 42.9. The summed E-state index contributed by atoms with van der Waals surface area (Å²) in [5.41, 5.74) is 16.0. The summed E-state index contributed by atoms with van der Waals surface area (Å²) in [6.07, 6.45) is 1.90. The van der Waals surface area contributed by atoms with Crippen molar-refractivity contribution in [3.8, 4) is 67.5 Å². The van der Waals surface area contributed by atoms with Crippen molar-refractivity contribution in [1.29, 1.82) is 0 Å². The molecule has 0 aliphatic heterocycles. The molecule has 328 valence electrons. The van der Waals surface area contributed by atoms with Crippen LogP contribution in [0.5, 0.6) is 5.75 Å². The van der Waals surface area contributed by atoms with E-state index in [4.69, 9.17) is 9.97 Å². The van der Waals surface area contributed by atoms with E-state index in [9.17, 15) is 5.11 Å². The number of anilines is 3. The summed E-state index contributed by atoms with van der Waals surface area (Å²) in [5.74, 6) is 0.902. The molecule has 0 unspecified atom stereocenters. The van der Waals surface area contributed by atoms with E-state index in [2.05, 4.69) is 245 Å². The molecule has 0 bridgehead atoms. The van der Waals surface area contributed by atoms with Crippen LogP contribution in [-0.2, 0) is 10.8 Å². The number of hydrogen-bond acceptors (Lipinski definition) is 4. The number of hydrogen-bond donors (Lipinski definition) is 1. The Labute approximate surface area is 394 Å². The zero-order valence-corrected chi connectivity index (χ0v) is 38.9. The normalized spacial score (nSPS) is 11.8. The predicted octanol–water partition coefficient (Wildman–Crippen LogP) is 16.5. The molecule has 1 N–H and O–H groups in total. The largest absolute Gasteiger partial charge is 0.507 e. The van der Waals surface area contributed by atoms with E-state index in [1.807, 2.05) is 18.3 Å². The van der Waals surface area contributed by atoms with Gasteiger partial charge in [-0.25, -0.2) is 4.98 Å². The monoisotopic (exact) mass is 870 g/mol. The van der Waals surface area contributed by atoms with Gasteiger partial charge in [-0.2, -0.15) is 0 Å². The van der Waals surface area contributed by atoms with E-state index in [0.29, 0.717) is 11.4 Å². The van der Waals surface area contributed by atoms with Crippen molar-refractivity contribution in [2.75, 3.05) is 4.90 Å². The predicted molar refractivity (Wildman–Crippen MR) is 280 cm³/mol. The quantitative estimate of drug-likeness (QED) is 0.157. The van der Waals surface area contributed by atoms with Crippen LogP contribution in [0.2, 0.25) is 0 Å². The molecule has 0 aliphatic carbocycles. The Hall–Kier alpha value is -8.02. The van der Waals surface area contributed by atoms with Crippen LogP contribution in [0.3, 0.4) is 0 Å². The molecule has 5 nitrogen and oxygen atoms in total. The molecule has 0 radical (unpaired) electrons. The highest BCUT2D eigenvalue weighted by atomic mass is 16.3. The molecule has 67 heavy (non-hydrogen) atoms. The Bertz CT molecular complexity index is 3310. The molecule has 0 aliphatic rings. The molecule has 2 aromatic heterocycles. The van der Waals surface area contributed by atoms with Crippen LogP contribution >= 0.6 is 0 Å². The third-order valence-corrected chi connectivity index (χ3v) is 12.6. The van der Waals surface area contributed by atoms with Crippen LogP contribution in [0.25, 0.3) is 72.7 Å². The Kier molecular flexibility index (Phi) is 11.1. The number of fused-ring (bicyclic) bond motifs is 1. The molecule has 10 aromatic rings. The lowest BCUT2D eigenvalue weighted by atomic mass is 9.79. The van der Waals surface area contributed by atoms with Gasteiger partial charge >= 0.3 is 0 Å². The smallest absolute Gasteiger partial charge is 0.149 e. The standard InChI is InChI=1S/C62H54N4O/c1-61(2,3)48-38-54(59(67)55(39-48)62(4,5)6)60-64-58-53(46-34-45(43-24-14-8-15-25-43)35-47(36-46)56-37-44(32-33-63-56)42-22-12-7-13-23-42)40-52(41-57(58)66(60)51-30-20-11-21-31-51)65(49-26-16-9-17-27-49)50-28-18-10-19-29-50/h7-41,67H,1-6H3. The molecule has 0 fully saturated rings. The summed E-state index contributed by atoms with van der Waals surface area (Å²) in [6, 6.07) is 72.4. The van der Waals surface area contributed by atoms with E-state index in [1.54, 1.807) is 0 Å². The molecule has 0 spiro atoms. The molecule has 0 saturated carbocycles. The number of rotatable bonds is 9. The molecule has 0 amide bonds. The zero-order valence-electron chi connectivity index (χ0n) is 38.9. The van der Waals surface area contributed by atoms with Gasteiger partial charge in [0, 0.05) is 45.6 Å². The fraction of sp³-hybridized carbons (Fsp3) is 0.129. The summed E-state index contributed by atoms with van der Waals surface area (Å²) in [6.45, 7) is 13.2. The van der Waals surface area contributed by atoms with E-state index in [0.717, 1.165) is 89.5 Å². The van der Waals surface area contributed by atoms with Gasteiger partial charge in [0.1, 0.15) is 11.6 Å². The third-order valence-electron chi connectivity index (χ3n) is 12.6. The molecule has 0 saturated heterocycles. The van der Waals surface area contributed by atoms with Crippen molar-refractivity contribution >= 4 is 28.1 Å². The van der Waals surface area contributed by atoms with Gasteiger partial charge < -0.3 is 10.0 Å². The van der Waals surface area contributed by atoms with E-state index >= 15 is 0 Å². The minimum Gasteiger partial charge on any atom is -0.507 e. The highest BCUT2D eigenvalue weighted by molar-refractivity contribution is 6.01. The molecule has 5 heteroatoms. The molecular weight excluding hydrogens is 817 g/mol. The summed E-state index contributed by atoms with van der Waals surface area (Å²) < 4.78 is 2.23. The van der Waals surface area contributed by atoms with Gasteiger partial charge in [0.2, 0.25) is 0 Å². The van der Waals surface area contributed by atoms with Gasteiger partial charge in [-0.1, -0.05) is 163 Å². The topological polar surface area (TPSA) is 54.2 Å². The van der Waals surface area contributed by atoms with Crippen LogP contribution < -0.4 is 4.90 Å². The van der Waals surface area contributed by atoms with Crippen LogP contribution in [-0.4, -0.2) is 19.6 Å². The average molecular weight is 871 g/mol. The first-order valence-corrected chi connectivity index (χ1v) is 23.0. The van der Waals surface area contributed by atoms with Gasteiger partial charge in [0.15, 0.2) is 0 Å². The molecule has 0 atom stereocenters. The summed E-state index contributed by atoms with van der Waals surface area (Å²) in [4.78, 5) is 13.0. The van der Waals surface area contributed by atoms with Gasteiger partial charge in [-0.05, 0) is 129 Å². The van der Waals surface area contributed by atoms with E-state index < -0.39 is 0 Å². The van der Waals surface area contributed by atoms with Crippen molar-refractivity contribution in [2.45, 2.75) is 52.4 Å². The summed E-state index contributed by atoms with van der Waals surface area (Å²) in [5, 5.41) is 12.6. The Morgan fingerprint density at radius 3 is 1.57 bits per heavy atom. The number of phenols is 1. The van der Waals surface area contributed by atoms with Crippen LogP contribution in [0, 0.1) is 0 Å². The maximum Gasteiger partial charge on any atom is 0.149 e. The van der Waals surface area contributed by atoms with Gasteiger partial charge in [0.05, 0.1) is 22.3 Å². The summed E-state index contributed by atoms with van der Waals surface area (Å²) >= 11 is 0. The van der Waals surface area contributed by atoms with E-state index in [1.165, 1.54) is 0 Å². The molecule has 8 aromatic carbocycles. The van der Waals surface area contributed by atoms with Crippen LogP contribution in [0.1, 0.15) is 52.7 Å². The van der Waals surface area contributed by atoms with Crippen molar-refractivity contribution in [2.24, 2.45) is 0 Å². The highest BCUT2D eigenvalue weighted by Gasteiger charge is 2.29. The number of nitrogens with zero attached hydrogens (tertiary/aromatic N) is 4. The SMILES string of the molecule is CC(C)(C)c1cc(-c2nc3c(-c4cc(-c5ccccc5)cc(-c5cc(-c6ccccc6)ccn5)c4)cc(N(c4ccccc4)c4ccccc4)cc3n2-c2ccccc2)c(O)c(C(C)(C)C)c1. The van der Waals surface area contributed by atoms with Gasteiger partial charge in [-0.3, -0.25) is 9.55 Å². The van der Waals surface area contributed by atoms with Crippen LogP contribution in [0.15, 0.2) is 212 Å². The second-order valence-corrected chi connectivity index (χ2v) is 19.4. The highest BCUT2D eigenvalue weighted by Crippen LogP contribution is 2.47. The maximum absolute atomic E-state index is 12.6. The van der Waals surface area contributed by atoms with Crippen molar-refractivity contribution in [3.63, 3.8) is 0 Å². The average Bonchev–Trinajstić information content (AvgIpc) is 3.74. The number of para-hydroxylation sites is 3. The minimum atomic E-state index is -0.339. The Morgan fingerprint density at radius 1 is 0.448 bits per heavy atom.